The second-order valence-corrected chi connectivity index (χ2v) is 5.77. The van der Waals surface area contributed by atoms with E-state index in [1.165, 1.54) is 35.2 Å². The third-order valence-electron chi connectivity index (χ3n) is 3.94. The van der Waals surface area contributed by atoms with Crippen molar-refractivity contribution in [3.05, 3.63) is 52.8 Å². The maximum atomic E-state index is 4.59. The predicted octanol–water partition coefficient (Wildman–Crippen LogP) is 3.05. The van der Waals surface area contributed by atoms with E-state index in [1.807, 2.05) is 6.20 Å². The highest BCUT2D eigenvalue weighted by molar-refractivity contribution is 5.24. The van der Waals surface area contributed by atoms with Gasteiger partial charge in [0, 0.05) is 23.8 Å². The summed E-state index contributed by atoms with van der Waals surface area (Å²) in [4.78, 5) is 0. The van der Waals surface area contributed by atoms with Gasteiger partial charge in [0.05, 0.1) is 12.7 Å². The lowest BCUT2D eigenvalue weighted by Crippen LogP contribution is -2.16. The Hall–Kier alpha value is -1.61. The molecular weight excluding hydrogens is 246 g/mol. The van der Waals surface area contributed by atoms with Crippen LogP contribution in [0.25, 0.3) is 0 Å². The van der Waals surface area contributed by atoms with Crippen molar-refractivity contribution in [2.75, 3.05) is 0 Å². The molecule has 20 heavy (non-hydrogen) atoms. The summed E-state index contributed by atoms with van der Waals surface area (Å²) in [7, 11) is 0. The van der Waals surface area contributed by atoms with E-state index in [-0.39, 0.29) is 0 Å². The van der Waals surface area contributed by atoms with Crippen LogP contribution >= 0.6 is 0 Å². The summed E-state index contributed by atoms with van der Waals surface area (Å²) in [6.07, 6.45) is 5.73. The number of benzene rings is 1. The highest BCUT2D eigenvalue weighted by Crippen LogP contribution is 2.20. The summed E-state index contributed by atoms with van der Waals surface area (Å²) in [6.45, 7) is 6.18. The molecule has 1 aliphatic carbocycles. The van der Waals surface area contributed by atoms with Crippen LogP contribution in [0.1, 0.15) is 42.1 Å². The molecule has 0 radical (unpaired) electrons. The van der Waals surface area contributed by atoms with Crippen molar-refractivity contribution in [2.24, 2.45) is 0 Å². The van der Waals surface area contributed by atoms with Crippen molar-refractivity contribution < 1.29 is 0 Å². The van der Waals surface area contributed by atoms with Gasteiger partial charge in [-0.3, -0.25) is 4.68 Å². The molecule has 1 heterocycles. The largest absolute Gasteiger partial charge is 0.310 e. The van der Waals surface area contributed by atoms with E-state index >= 15 is 0 Å². The molecule has 1 saturated carbocycles. The molecule has 3 nitrogen and oxygen atoms in total. The SMILES string of the molecule is CCc1c(CNC2CC2)cnn1Cc1cccc(C)c1. The van der Waals surface area contributed by atoms with Gasteiger partial charge < -0.3 is 5.32 Å². The number of nitrogens with one attached hydrogen (secondary N) is 1. The van der Waals surface area contributed by atoms with Gasteiger partial charge in [0.2, 0.25) is 0 Å². The molecular formula is C17H23N3. The number of hydrogen-bond donors (Lipinski definition) is 1. The molecule has 1 aromatic carbocycles. The molecule has 3 heteroatoms. The van der Waals surface area contributed by atoms with Gasteiger partial charge in [-0.05, 0) is 31.7 Å². The summed E-state index contributed by atoms with van der Waals surface area (Å²) in [5.41, 5.74) is 5.35. The Bertz CT molecular complexity index is 582. The van der Waals surface area contributed by atoms with E-state index in [1.54, 1.807) is 0 Å². The fraction of sp³-hybridized carbons (Fsp3) is 0.471. The first-order chi connectivity index (χ1) is 9.76. The number of rotatable bonds is 6. The van der Waals surface area contributed by atoms with E-state index in [0.717, 1.165) is 25.6 Å². The highest BCUT2D eigenvalue weighted by Gasteiger charge is 2.21. The molecule has 0 spiro atoms. The normalized spacial score (nSPS) is 14.7. The van der Waals surface area contributed by atoms with E-state index in [2.05, 4.69) is 53.2 Å². The summed E-state index contributed by atoms with van der Waals surface area (Å²) < 4.78 is 2.15. The van der Waals surface area contributed by atoms with Crippen LogP contribution in [0.5, 0.6) is 0 Å². The Morgan fingerprint density at radius 1 is 1.35 bits per heavy atom. The molecule has 106 valence electrons. The van der Waals surface area contributed by atoms with Crippen LogP contribution in [-0.2, 0) is 19.5 Å². The van der Waals surface area contributed by atoms with Crippen molar-refractivity contribution in [1.29, 1.82) is 0 Å². The highest BCUT2D eigenvalue weighted by atomic mass is 15.3. The summed E-state index contributed by atoms with van der Waals surface area (Å²) in [5, 5.41) is 8.17. The van der Waals surface area contributed by atoms with Crippen LogP contribution in [-0.4, -0.2) is 15.8 Å². The summed E-state index contributed by atoms with van der Waals surface area (Å²) in [6, 6.07) is 9.42. The third-order valence-corrected chi connectivity index (χ3v) is 3.94. The van der Waals surface area contributed by atoms with E-state index < -0.39 is 0 Å². The van der Waals surface area contributed by atoms with Gasteiger partial charge in [0.1, 0.15) is 0 Å². The van der Waals surface area contributed by atoms with Crippen LogP contribution in [0.3, 0.4) is 0 Å². The zero-order valence-electron chi connectivity index (χ0n) is 12.4. The second kappa shape index (κ2) is 5.80. The number of aromatic nitrogens is 2. The number of aryl methyl sites for hydroxylation is 1. The van der Waals surface area contributed by atoms with E-state index in [4.69, 9.17) is 0 Å². The Morgan fingerprint density at radius 3 is 2.90 bits per heavy atom. The van der Waals surface area contributed by atoms with Crippen LogP contribution in [0.15, 0.2) is 30.5 Å². The fourth-order valence-corrected chi connectivity index (χ4v) is 2.67. The van der Waals surface area contributed by atoms with Gasteiger partial charge in [-0.25, -0.2) is 0 Å². The maximum absolute atomic E-state index is 4.59. The lowest BCUT2D eigenvalue weighted by Gasteiger charge is -2.09. The molecule has 1 N–H and O–H groups in total. The Balaban J connectivity index is 1.74. The van der Waals surface area contributed by atoms with Gasteiger partial charge in [0.25, 0.3) is 0 Å². The molecule has 2 aromatic rings. The molecule has 0 atom stereocenters. The molecule has 1 aliphatic rings. The minimum Gasteiger partial charge on any atom is -0.310 e. The first-order valence-electron chi connectivity index (χ1n) is 7.58. The molecule has 0 bridgehead atoms. The average Bonchev–Trinajstić information content (AvgIpc) is 3.18. The minimum atomic E-state index is 0.750. The zero-order chi connectivity index (χ0) is 13.9. The van der Waals surface area contributed by atoms with Crippen molar-refractivity contribution in [3.63, 3.8) is 0 Å². The fourth-order valence-electron chi connectivity index (χ4n) is 2.67. The molecule has 1 fully saturated rings. The van der Waals surface area contributed by atoms with Crippen LogP contribution < -0.4 is 5.32 Å². The summed E-state index contributed by atoms with van der Waals surface area (Å²) >= 11 is 0. The standard InChI is InChI=1S/C17H23N3/c1-3-17-15(10-18-16-7-8-16)11-19-20(17)12-14-6-4-5-13(2)9-14/h4-6,9,11,16,18H,3,7-8,10,12H2,1-2H3. The lowest BCUT2D eigenvalue weighted by atomic mass is 10.1. The first-order valence-corrected chi connectivity index (χ1v) is 7.58. The second-order valence-electron chi connectivity index (χ2n) is 5.77. The Labute approximate surface area is 121 Å². The van der Waals surface area contributed by atoms with Crippen molar-refractivity contribution >= 4 is 0 Å². The lowest BCUT2D eigenvalue weighted by molar-refractivity contribution is 0.638. The summed E-state index contributed by atoms with van der Waals surface area (Å²) in [5.74, 6) is 0. The monoisotopic (exact) mass is 269 g/mol. The van der Waals surface area contributed by atoms with Gasteiger partial charge in [0.15, 0.2) is 0 Å². The molecule has 0 unspecified atom stereocenters. The van der Waals surface area contributed by atoms with Gasteiger partial charge in [-0.2, -0.15) is 5.10 Å². The minimum absolute atomic E-state index is 0.750. The Kier molecular flexibility index (Phi) is 3.88. The number of hydrogen-bond acceptors (Lipinski definition) is 2. The van der Waals surface area contributed by atoms with Crippen molar-refractivity contribution in [1.82, 2.24) is 15.1 Å². The predicted molar refractivity (Wildman–Crippen MR) is 81.7 cm³/mol. The first kappa shape index (κ1) is 13.4. The quantitative estimate of drug-likeness (QED) is 0.873. The van der Waals surface area contributed by atoms with Crippen LogP contribution in [0.4, 0.5) is 0 Å². The molecule has 0 saturated heterocycles. The van der Waals surface area contributed by atoms with E-state index in [9.17, 15) is 0 Å². The average molecular weight is 269 g/mol. The number of nitrogens with zero attached hydrogens (tertiary/aromatic N) is 2. The molecule has 0 amide bonds. The Morgan fingerprint density at radius 2 is 2.20 bits per heavy atom. The van der Waals surface area contributed by atoms with Crippen molar-refractivity contribution in [3.8, 4) is 0 Å². The maximum Gasteiger partial charge on any atom is 0.0662 e. The van der Waals surface area contributed by atoms with Gasteiger partial charge in [-0.1, -0.05) is 36.8 Å². The van der Waals surface area contributed by atoms with Gasteiger partial charge in [-0.15, -0.1) is 0 Å². The van der Waals surface area contributed by atoms with Crippen LogP contribution in [0, 0.1) is 6.92 Å². The van der Waals surface area contributed by atoms with Crippen molar-refractivity contribution in [2.45, 2.75) is 52.2 Å². The topological polar surface area (TPSA) is 29.9 Å². The third kappa shape index (κ3) is 3.10. The molecule has 0 aliphatic heterocycles. The zero-order valence-corrected chi connectivity index (χ0v) is 12.4. The van der Waals surface area contributed by atoms with Crippen LogP contribution in [0.2, 0.25) is 0 Å². The van der Waals surface area contributed by atoms with E-state index in [0.29, 0.717) is 0 Å². The molecule has 1 aromatic heterocycles. The molecule has 3 rings (SSSR count). The van der Waals surface area contributed by atoms with Gasteiger partial charge >= 0.3 is 0 Å². The smallest absolute Gasteiger partial charge is 0.0662 e.